The van der Waals surface area contributed by atoms with Gasteiger partial charge in [0.25, 0.3) is 0 Å². The van der Waals surface area contributed by atoms with Gasteiger partial charge in [0.1, 0.15) is 11.5 Å². The molecule has 0 unspecified atom stereocenters. The highest BCUT2D eigenvalue weighted by Gasteiger charge is 2.33. The number of cyclic esters (lactones) is 2. The van der Waals surface area contributed by atoms with Crippen LogP contribution in [-0.4, -0.2) is 11.9 Å². The summed E-state index contributed by atoms with van der Waals surface area (Å²) in [5.41, 5.74) is 2.42. The van der Waals surface area contributed by atoms with Crippen molar-refractivity contribution >= 4 is 18.0 Å². The van der Waals surface area contributed by atoms with Gasteiger partial charge in [-0.25, -0.2) is 9.59 Å². The van der Waals surface area contributed by atoms with E-state index in [-0.39, 0.29) is 0 Å². The average molecular weight is 308 g/mol. The second-order valence-corrected chi connectivity index (χ2v) is 5.41. The predicted octanol–water partition coefficient (Wildman–Crippen LogP) is 3.53. The third-order valence-corrected chi connectivity index (χ3v) is 3.70. The molecule has 4 nitrogen and oxygen atoms in total. The molecule has 0 saturated carbocycles. The molecule has 116 valence electrons. The van der Waals surface area contributed by atoms with E-state index in [1.807, 2.05) is 50.2 Å². The van der Waals surface area contributed by atoms with Crippen LogP contribution in [0.1, 0.15) is 22.6 Å². The second kappa shape index (κ2) is 6.08. The summed E-state index contributed by atoms with van der Waals surface area (Å²) >= 11 is 0. The number of rotatable bonds is 3. The molecule has 1 fully saturated rings. The lowest BCUT2D eigenvalue weighted by molar-refractivity contribution is -0.149. The van der Waals surface area contributed by atoms with Crippen LogP contribution < -0.4 is 0 Å². The fourth-order valence-electron chi connectivity index (χ4n) is 2.56. The fourth-order valence-corrected chi connectivity index (χ4v) is 2.56. The summed E-state index contributed by atoms with van der Waals surface area (Å²) in [6.07, 6.45) is 3.90. The van der Waals surface area contributed by atoms with E-state index in [0.717, 1.165) is 22.6 Å². The third kappa shape index (κ3) is 3.16. The second-order valence-electron chi connectivity index (χ2n) is 5.41. The first-order valence-electron chi connectivity index (χ1n) is 7.34. The normalized spacial score (nSPS) is 18.0. The first-order valence-corrected chi connectivity index (χ1v) is 7.34. The maximum atomic E-state index is 11.9. The summed E-state index contributed by atoms with van der Waals surface area (Å²) in [6.45, 7) is 3.75. The zero-order chi connectivity index (χ0) is 16.4. The van der Waals surface area contributed by atoms with Gasteiger partial charge in [-0.05, 0) is 43.5 Å². The van der Waals surface area contributed by atoms with E-state index in [1.54, 1.807) is 12.2 Å². The Morgan fingerprint density at radius 1 is 1.00 bits per heavy atom. The number of benzene rings is 1. The van der Waals surface area contributed by atoms with Crippen LogP contribution in [0.2, 0.25) is 0 Å². The number of carbonyl (C=O) groups excluding carboxylic acids is 2. The van der Waals surface area contributed by atoms with Crippen LogP contribution in [0.4, 0.5) is 0 Å². The Balaban J connectivity index is 1.93. The first kappa shape index (κ1) is 15.0. The first-order chi connectivity index (χ1) is 11.0. The Labute approximate surface area is 134 Å². The van der Waals surface area contributed by atoms with E-state index in [0.29, 0.717) is 17.6 Å². The van der Waals surface area contributed by atoms with Crippen LogP contribution in [0.5, 0.6) is 0 Å². The van der Waals surface area contributed by atoms with Gasteiger partial charge in [0.15, 0.2) is 0 Å². The zero-order valence-corrected chi connectivity index (χ0v) is 13.0. The van der Waals surface area contributed by atoms with Crippen molar-refractivity contribution < 1.29 is 18.7 Å². The molecule has 4 heteroatoms. The Kier molecular flexibility index (Phi) is 3.98. The van der Waals surface area contributed by atoms with Crippen LogP contribution in [0.15, 0.2) is 58.0 Å². The number of carbonyl (C=O) groups is 2. The van der Waals surface area contributed by atoms with E-state index in [4.69, 9.17) is 9.15 Å². The fraction of sp³-hybridized carbons (Fsp3) is 0.158. The summed E-state index contributed by atoms with van der Waals surface area (Å²) < 4.78 is 10.2. The van der Waals surface area contributed by atoms with Crippen LogP contribution >= 0.6 is 0 Å². The number of hydrogen-bond donors (Lipinski definition) is 0. The van der Waals surface area contributed by atoms with Crippen molar-refractivity contribution in [1.82, 2.24) is 0 Å². The molecule has 3 rings (SSSR count). The van der Waals surface area contributed by atoms with Gasteiger partial charge < -0.3 is 9.15 Å². The van der Waals surface area contributed by atoms with E-state index < -0.39 is 11.9 Å². The van der Waals surface area contributed by atoms with Crippen molar-refractivity contribution in [3.8, 4) is 0 Å². The molecule has 23 heavy (non-hydrogen) atoms. The Hall–Kier alpha value is -2.88. The maximum Gasteiger partial charge on any atom is 0.346 e. The number of esters is 2. The van der Waals surface area contributed by atoms with Gasteiger partial charge in [-0.1, -0.05) is 36.4 Å². The lowest BCUT2D eigenvalue weighted by Crippen LogP contribution is -1.97. The van der Waals surface area contributed by atoms with Gasteiger partial charge in [-0.2, -0.15) is 0 Å². The molecular weight excluding hydrogens is 292 g/mol. The zero-order valence-electron chi connectivity index (χ0n) is 13.0. The van der Waals surface area contributed by atoms with Crippen LogP contribution in [0.3, 0.4) is 0 Å². The lowest BCUT2D eigenvalue weighted by Gasteiger charge is -1.97. The summed E-state index contributed by atoms with van der Waals surface area (Å²) in [4.78, 5) is 23.8. The molecular formula is C19H16O4. The molecule has 1 aliphatic rings. The number of ether oxygens (including phenoxy) is 1. The van der Waals surface area contributed by atoms with Gasteiger partial charge >= 0.3 is 11.9 Å². The molecule has 0 bridgehead atoms. The van der Waals surface area contributed by atoms with Gasteiger partial charge in [0, 0.05) is 0 Å². The topological polar surface area (TPSA) is 56.5 Å². The molecule has 2 aromatic rings. The van der Waals surface area contributed by atoms with E-state index in [2.05, 4.69) is 0 Å². The summed E-state index contributed by atoms with van der Waals surface area (Å²) in [6, 6.07) is 11.3. The van der Waals surface area contributed by atoms with Crippen LogP contribution in [0, 0.1) is 13.8 Å². The predicted molar refractivity (Wildman–Crippen MR) is 85.5 cm³/mol. The molecule has 1 aromatic carbocycles. The highest BCUT2D eigenvalue weighted by molar-refractivity contribution is 6.20. The molecule has 0 atom stereocenters. The van der Waals surface area contributed by atoms with Crippen molar-refractivity contribution in [3.05, 3.63) is 76.3 Å². The summed E-state index contributed by atoms with van der Waals surface area (Å²) in [5, 5.41) is 0. The Bertz CT molecular complexity index is 822. The lowest BCUT2D eigenvalue weighted by atomic mass is 10.0. The molecule has 0 spiro atoms. The molecule has 1 saturated heterocycles. The van der Waals surface area contributed by atoms with Crippen LogP contribution in [0.25, 0.3) is 6.08 Å². The highest BCUT2D eigenvalue weighted by Crippen LogP contribution is 2.26. The van der Waals surface area contributed by atoms with Crippen molar-refractivity contribution in [2.24, 2.45) is 0 Å². The van der Waals surface area contributed by atoms with Crippen molar-refractivity contribution in [2.75, 3.05) is 0 Å². The third-order valence-electron chi connectivity index (χ3n) is 3.70. The minimum absolute atomic E-state index is 0.291. The number of hydrogen-bond acceptors (Lipinski definition) is 4. The van der Waals surface area contributed by atoms with Crippen molar-refractivity contribution in [1.29, 1.82) is 0 Å². The minimum atomic E-state index is -0.606. The van der Waals surface area contributed by atoms with E-state index in [1.165, 1.54) is 0 Å². The molecule has 0 amide bonds. The van der Waals surface area contributed by atoms with E-state index in [9.17, 15) is 9.59 Å². The van der Waals surface area contributed by atoms with Gasteiger partial charge in [-0.15, -0.1) is 0 Å². The summed E-state index contributed by atoms with van der Waals surface area (Å²) in [7, 11) is 0. The van der Waals surface area contributed by atoms with Gasteiger partial charge in [-0.3, -0.25) is 0 Å². The molecule has 2 heterocycles. The molecule has 0 radical (unpaired) electrons. The summed E-state index contributed by atoms with van der Waals surface area (Å²) in [5.74, 6) is 0.423. The number of allylic oxidation sites excluding steroid dienone is 1. The van der Waals surface area contributed by atoms with Gasteiger partial charge in [0.05, 0.1) is 11.1 Å². The monoisotopic (exact) mass is 308 g/mol. The van der Waals surface area contributed by atoms with Crippen molar-refractivity contribution in [2.45, 2.75) is 20.3 Å². The Morgan fingerprint density at radius 3 is 2.35 bits per heavy atom. The molecule has 0 N–H and O–H groups in total. The van der Waals surface area contributed by atoms with Gasteiger partial charge in [0.2, 0.25) is 0 Å². The number of aryl methyl sites for hydroxylation is 2. The average Bonchev–Trinajstić information content (AvgIpc) is 2.97. The largest absolute Gasteiger partial charge is 0.466 e. The van der Waals surface area contributed by atoms with Crippen LogP contribution in [-0.2, 0) is 20.7 Å². The maximum absolute atomic E-state index is 11.9. The highest BCUT2D eigenvalue weighted by atomic mass is 16.6. The van der Waals surface area contributed by atoms with Crippen molar-refractivity contribution in [3.63, 3.8) is 0 Å². The van der Waals surface area contributed by atoms with E-state index >= 15 is 0 Å². The molecule has 1 aromatic heterocycles. The number of furan rings is 1. The Morgan fingerprint density at radius 2 is 1.70 bits per heavy atom. The smallest absolute Gasteiger partial charge is 0.346 e. The minimum Gasteiger partial charge on any atom is -0.466 e. The quantitative estimate of drug-likeness (QED) is 0.494. The SMILES string of the molecule is Cc1cc(CC=C2C(=O)OC(=O)C2=Cc2ccccc2)c(C)o1. The molecule has 0 aliphatic carbocycles. The molecule has 1 aliphatic heterocycles. The standard InChI is InChI=1S/C19H16O4/c1-12-10-15(13(2)22-12)8-9-16-17(19(21)23-18(16)20)11-14-6-4-3-5-7-14/h3-7,9-11H,8H2,1-2H3.